The number of methoxy groups -OCH3 is 2. The van der Waals surface area contributed by atoms with Crippen LogP contribution in [0.2, 0.25) is 0 Å². The molecule has 0 aliphatic carbocycles. The van der Waals surface area contributed by atoms with Gasteiger partial charge in [-0.3, -0.25) is 9.59 Å². The zero-order chi connectivity index (χ0) is 21.0. The van der Waals surface area contributed by atoms with Crippen molar-refractivity contribution in [2.24, 2.45) is 5.92 Å². The second-order valence-electron chi connectivity index (χ2n) is 7.47. The number of benzene rings is 2. The van der Waals surface area contributed by atoms with E-state index in [1.165, 1.54) is 0 Å². The summed E-state index contributed by atoms with van der Waals surface area (Å²) in [6, 6.07) is 12.8. The highest BCUT2D eigenvalue weighted by atomic mass is 16.5. The lowest BCUT2D eigenvalue weighted by Crippen LogP contribution is -2.42. The molecule has 1 saturated heterocycles. The van der Waals surface area contributed by atoms with Gasteiger partial charge in [-0.25, -0.2) is 0 Å². The number of piperidine rings is 1. The summed E-state index contributed by atoms with van der Waals surface area (Å²) >= 11 is 0. The van der Waals surface area contributed by atoms with E-state index in [0.717, 1.165) is 18.5 Å². The van der Waals surface area contributed by atoms with E-state index in [4.69, 9.17) is 9.47 Å². The monoisotopic (exact) mass is 396 g/mol. The van der Waals surface area contributed by atoms with Gasteiger partial charge < -0.3 is 19.3 Å². The molecule has 0 aromatic heterocycles. The quantitative estimate of drug-likeness (QED) is 0.700. The molecule has 6 nitrogen and oxygen atoms in total. The first-order valence-corrected chi connectivity index (χ1v) is 9.77. The van der Waals surface area contributed by atoms with Gasteiger partial charge in [-0.2, -0.15) is 0 Å². The predicted molar refractivity (Wildman–Crippen MR) is 113 cm³/mol. The number of likely N-dealkylation sites (tertiary alicyclic amines) is 1. The van der Waals surface area contributed by atoms with Crippen LogP contribution in [0.5, 0.6) is 11.5 Å². The first-order valence-electron chi connectivity index (χ1n) is 9.77. The first kappa shape index (κ1) is 20.7. The van der Waals surface area contributed by atoms with Crippen molar-refractivity contribution in [3.05, 3.63) is 53.6 Å². The van der Waals surface area contributed by atoms with Crippen LogP contribution in [0.3, 0.4) is 0 Å². The van der Waals surface area contributed by atoms with Gasteiger partial charge in [0, 0.05) is 49.9 Å². The van der Waals surface area contributed by atoms with E-state index < -0.39 is 0 Å². The zero-order valence-electron chi connectivity index (χ0n) is 17.5. The third kappa shape index (κ3) is 4.53. The number of hydrogen-bond acceptors (Lipinski definition) is 5. The van der Waals surface area contributed by atoms with Crippen molar-refractivity contribution in [1.82, 2.24) is 4.90 Å². The number of ether oxygens (including phenoxy) is 2. The van der Waals surface area contributed by atoms with E-state index in [1.807, 2.05) is 43.3 Å². The van der Waals surface area contributed by atoms with Gasteiger partial charge in [0.1, 0.15) is 0 Å². The van der Waals surface area contributed by atoms with Crippen LogP contribution in [0.15, 0.2) is 42.5 Å². The third-order valence-corrected chi connectivity index (χ3v) is 5.36. The highest BCUT2D eigenvalue weighted by Gasteiger charge is 2.30. The van der Waals surface area contributed by atoms with Crippen molar-refractivity contribution in [3.8, 4) is 11.5 Å². The minimum absolute atomic E-state index is 0.0292. The smallest absolute Gasteiger partial charge is 0.253 e. The maximum atomic E-state index is 13.1. The van der Waals surface area contributed by atoms with E-state index in [1.54, 1.807) is 37.3 Å². The molecule has 3 rings (SSSR count). The Labute approximate surface area is 172 Å². The van der Waals surface area contributed by atoms with E-state index in [-0.39, 0.29) is 17.6 Å². The maximum Gasteiger partial charge on any atom is 0.253 e. The fourth-order valence-electron chi connectivity index (χ4n) is 3.70. The Morgan fingerprint density at radius 1 is 1.00 bits per heavy atom. The van der Waals surface area contributed by atoms with Crippen molar-refractivity contribution in [1.29, 1.82) is 0 Å². The van der Waals surface area contributed by atoms with Gasteiger partial charge in [-0.05, 0) is 49.2 Å². The Kier molecular flexibility index (Phi) is 6.42. The number of amides is 1. The summed E-state index contributed by atoms with van der Waals surface area (Å²) in [5, 5.41) is 0. The maximum absolute atomic E-state index is 13.1. The Balaban J connectivity index is 1.76. The second-order valence-corrected chi connectivity index (χ2v) is 7.47. The standard InChI is InChI=1S/C23H28N2O4/c1-24(2)19-9-5-7-17(13-19)23(27)25-12-6-8-18(15-25)22(26)16-10-11-20(28-3)21(14-16)29-4/h5,7,9-11,13-14,18H,6,8,12,15H2,1-4H3/t18-/m0/s1. The Bertz CT molecular complexity index is 894. The van der Waals surface area contributed by atoms with E-state index in [9.17, 15) is 9.59 Å². The molecule has 2 aromatic rings. The summed E-state index contributed by atoms with van der Waals surface area (Å²) in [7, 11) is 7.01. The number of carbonyl (C=O) groups is 2. The summed E-state index contributed by atoms with van der Waals surface area (Å²) in [5.74, 6) is 0.903. The average molecular weight is 396 g/mol. The average Bonchev–Trinajstić information content (AvgIpc) is 2.77. The van der Waals surface area contributed by atoms with Crippen LogP contribution in [-0.4, -0.2) is 58.0 Å². The van der Waals surface area contributed by atoms with Crippen molar-refractivity contribution in [3.63, 3.8) is 0 Å². The van der Waals surface area contributed by atoms with Gasteiger partial charge in [-0.1, -0.05) is 6.07 Å². The predicted octanol–water partition coefficient (Wildman–Crippen LogP) is 3.50. The molecule has 1 aliphatic rings. The Morgan fingerprint density at radius 3 is 2.45 bits per heavy atom. The van der Waals surface area contributed by atoms with Crippen LogP contribution in [0.4, 0.5) is 5.69 Å². The molecule has 154 valence electrons. The fourth-order valence-corrected chi connectivity index (χ4v) is 3.70. The molecule has 1 fully saturated rings. The molecule has 1 aliphatic heterocycles. The van der Waals surface area contributed by atoms with E-state index in [0.29, 0.717) is 35.7 Å². The summed E-state index contributed by atoms with van der Waals surface area (Å²) in [6.07, 6.45) is 1.58. The lowest BCUT2D eigenvalue weighted by atomic mass is 9.89. The van der Waals surface area contributed by atoms with Crippen LogP contribution < -0.4 is 14.4 Å². The number of rotatable bonds is 6. The molecule has 0 spiro atoms. The molecule has 6 heteroatoms. The number of Topliss-reactive ketones (excluding diaryl/α,β-unsaturated/α-hetero) is 1. The molecule has 2 aromatic carbocycles. The minimum atomic E-state index is -0.220. The molecule has 0 saturated carbocycles. The van der Waals surface area contributed by atoms with E-state index in [2.05, 4.69) is 0 Å². The topological polar surface area (TPSA) is 59.1 Å². The number of nitrogens with zero attached hydrogens (tertiary/aromatic N) is 2. The van der Waals surface area contributed by atoms with Gasteiger partial charge in [-0.15, -0.1) is 0 Å². The minimum Gasteiger partial charge on any atom is -0.493 e. The molecule has 29 heavy (non-hydrogen) atoms. The summed E-state index contributed by atoms with van der Waals surface area (Å²) in [6.45, 7) is 1.10. The summed E-state index contributed by atoms with van der Waals surface area (Å²) in [5.41, 5.74) is 2.21. The largest absolute Gasteiger partial charge is 0.493 e. The molecule has 1 heterocycles. The van der Waals surface area contributed by atoms with Crippen molar-refractivity contribution >= 4 is 17.4 Å². The van der Waals surface area contributed by atoms with Crippen LogP contribution in [0.1, 0.15) is 33.6 Å². The molecule has 0 N–H and O–H groups in total. The Morgan fingerprint density at radius 2 is 1.76 bits per heavy atom. The molecular weight excluding hydrogens is 368 g/mol. The van der Waals surface area contributed by atoms with Crippen LogP contribution in [0, 0.1) is 5.92 Å². The van der Waals surface area contributed by atoms with Crippen molar-refractivity contribution in [2.75, 3.05) is 46.3 Å². The summed E-state index contributed by atoms with van der Waals surface area (Å²) < 4.78 is 10.6. The van der Waals surface area contributed by atoms with Gasteiger partial charge in [0.15, 0.2) is 17.3 Å². The van der Waals surface area contributed by atoms with Crippen molar-refractivity contribution < 1.29 is 19.1 Å². The molecule has 1 amide bonds. The van der Waals surface area contributed by atoms with Crippen molar-refractivity contribution in [2.45, 2.75) is 12.8 Å². The van der Waals surface area contributed by atoms with Gasteiger partial charge in [0.2, 0.25) is 0 Å². The molecule has 0 unspecified atom stereocenters. The SMILES string of the molecule is COc1ccc(C(=O)[C@H]2CCCN(C(=O)c3cccc(N(C)C)c3)C2)cc1OC. The normalized spacial score (nSPS) is 16.3. The number of ketones is 1. The lowest BCUT2D eigenvalue weighted by Gasteiger charge is -2.32. The molecular formula is C23H28N2O4. The molecule has 0 radical (unpaired) electrons. The summed E-state index contributed by atoms with van der Waals surface area (Å²) in [4.78, 5) is 29.9. The highest BCUT2D eigenvalue weighted by Crippen LogP contribution is 2.30. The Hall–Kier alpha value is -3.02. The van der Waals surface area contributed by atoms with Crippen LogP contribution in [-0.2, 0) is 0 Å². The van der Waals surface area contributed by atoms with Gasteiger partial charge >= 0.3 is 0 Å². The lowest BCUT2D eigenvalue weighted by molar-refractivity contribution is 0.0637. The van der Waals surface area contributed by atoms with Crippen LogP contribution >= 0.6 is 0 Å². The highest BCUT2D eigenvalue weighted by molar-refractivity contribution is 6.00. The van der Waals surface area contributed by atoms with Crippen LogP contribution in [0.25, 0.3) is 0 Å². The van der Waals surface area contributed by atoms with Gasteiger partial charge in [0.25, 0.3) is 5.91 Å². The third-order valence-electron chi connectivity index (χ3n) is 5.36. The first-order chi connectivity index (χ1) is 13.9. The van der Waals surface area contributed by atoms with E-state index >= 15 is 0 Å². The number of hydrogen-bond donors (Lipinski definition) is 0. The fraction of sp³-hybridized carbons (Fsp3) is 0.391. The zero-order valence-corrected chi connectivity index (χ0v) is 17.5. The molecule has 1 atom stereocenters. The number of carbonyl (C=O) groups excluding carboxylic acids is 2. The second kappa shape index (κ2) is 8.99. The number of anilines is 1. The van der Waals surface area contributed by atoms with Gasteiger partial charge in [0.05, 0.1) is 14.2 Å². The molecule has 0 bridgehead atoms.